The average molecular weight is 154 g/mol. The second-order valence-electron chi connectivity index (χ2n) is 1.82. The molecule has 0 aromatic rings. The van der Waals surface area contributed by atoms with Crippen molar-refractivity contribution in [3.63, 3.8) is 0 Å². The van der Waals surface area contributed by atoms with Crippen molar-refractivity contribution in [2.75, 3.05) is 6.61 Å². The summed E-state index contributed by atoms with van der Waals surface area (Å²) in [7, 11) is 0. The molecule has 1 rings (SSSR count). The van der Waals surface area contributed by atoms with Crippen LogP contribution in [0.1, 0.15) is 12.8 Å². The molecule has 0 amide bonds. The van der Waals surface area contributed by atoms with Crippen molar-refractivity contribution in [3.05, 3.63) is 0 Å². The number of hydrogen-bond acceptors (Lipinski definition) is 3. The van der Waals surface area contributed by atoms with Crippen LogP contribution in [0.5, 0.6) is 0 Å². The van der Waals surface area contributed by atoms with E-state index in [1.807, 2.05) is 0 Å². The Kier molecular flexibility index (Phi) is 5.07. The van der Waals surface area contributed by atoms with E-state index in [-0.39, 0.29) is 40.7 Å². The molecule has 0 aromatic carbocycles. The van der Waals surface area contributed by atoms with E-state index in [4.69, 9.17) is 4.74 Å². The molecular formula is C5H7NaO2S. The van der Waals surface area contributed by atoms with Gasteiger partial charge in [0.2, 0.25) is 0 Å². The summed E-state index contributed by atoms with van der Waals surface area (Å²) in [5.41, 5.74) is 0. The first kappa shape index (κ1) is 9.85. The number of hydrogen-bond donors (Lipinski definition) is 0. The molecular weight excluding hydrogens is 147 g/mol. The quantitative estimate of drug-likeness (QED) is 0.295. The van der Waals surface area contributed by atoms with Crippen molar-refractivity contribution in [2.24, 2.45) is 0 Å². The summed E-state index contributed by atoms with van der Waals surface area (Å²) >= 11 is 4.37. The Hall–Kier alpha value is 0.850. The van der Waals surface area contributed by atoms with Gasteiger partial charge in [0.05, 0.1) is 6.10 Å². The zero-order chi connectivity index (χ0) is 5.98. The van der Waals surface area contributed by atoms with Crippen molar-refractivity contribution >= 4 is 17.3 Å². The van der Waals surface area contributed by atoms with Gasteiger partial charge in [-0.15, -0.1) is 0 Å². The maximum absolute atomic E-state index is 10.3. The fourth-order valence-corrected chi connectivity index (χ4v) is 0.949. The first-order valence-corrected chi connectivity index (χ1v) is 3.04. The molecule has 0 radical (unpaired) electrons. The molecule has 0 N–H and O–H groups in total. The van der Waals surface area contributed by atoms with Gasteiger partial charge in [-0.2, -0.15) is 0 Å². The first-order valence-electron chi connectivity index (χ1n) is 2.63. The van der Waals surface area contributed by atoms with E-state index in [1.165, 1.54) is 0 Å². The fourth-order valence-electron chi connectivity index (χ4n) is 0.764. The van der Waals surface area contributed by atoms with E-state index in [0.29, 0.717) is 6.61 Å². The van der Waals surface area contributed by atoms with Gasteiger partial charge >= 0.3 is 29.6 Å². The van der Waals surface area contributed by atoms with Crippen LogP contribution in [-0.2, 0) is 4.74 Å². The Bertz CT molecular complexity index is 101. The van der Waals surface area contributed by atoms with Gasteiger partial charge in [0, 0.05) is 6.61 Å². The smallest absolute Gasteiger partial charge is 0.866 e. The van der Waals surface area contributed by atoms with Crippen LogP contribution in [0.25, 0.3) is 0 Å². The zero-order valence-electron chi connectivity index (χ0n) is 5.42. The molecule has 0 aliphatic carbocycles. The predicted octanol–water partition coefficient (Wildman–Crippen LogP) is -3.14. The normalized spacial score (nSPS) is 25.1. The summed E-state index contributed by atoms with van der Waals surface area (Å²) in [6.45, 7) is 0.701. The van der Waals surface area contributed by atoms with Crippen molar-refractivity contribution < 1.29 is 39.4 Å². The van der Waals surface area contributed by atoms with Gasteiger partial charge in [0.15, 0.2) is 0 Å². The summed E-state index contributed by atoms with van der Waals surface area (Å²) in [6.07, 6.45) is 1.54. The second kappa shape index (κ2) is 4.63. The van der Waals surface area contributed by atoms with Crippen molar-refractivity contribution in [1.82, 2.24) is 0 Å². The third kappa shape index (κ3) is 2.96. The maximum Gasteiger partial charge on any atom is 1.00 e. The summed E-state index contributed by atoms with van der Waals surface area (Å²) < 4.78 is 4.96. The van der Waals surface area contributed by atoms with Crippen molar-refractivity contribution in [3.8, 4) is 0 Å². The van der Waals surface area contributed by atoms with Gasteiger partial charge in [-0.1, -0.05) is 12.2 Å². The topological polar surface area (TPSA) is 32.3 Å². The van der Waals surface area contributed by atoms with E-state index < -0.39 is 0 Å². The number of thiocarbonyl (C=S) groups is 1. The molecule has 0 bridgehead atoms. The van der Waals surface area contributed by atoms with Crippen LogP contribution in [0, 0.1) is 0 Å². The minimum absolute atomic E-state index is 0. The molecule has 1 fully saturated rings. The molecule has 0 saturated carbocycles. The Labute approximate surface area is 81.9 Å². The van der Waals surface area contributed by atoms with Crippen LogP contribution >= 0.6 is 12.2 Å². The molecule has 1 atom stereocenters. The van der Waals surface area contributed by atoms with Gasteiger partial charge in [-0.05, 0) is 17.9 Å². The molecule has 1 saturated heterocycles. The minimum Gasteiger partial charge on any atom is -0.866 e. The molecule has 2 nitrogen and oxygen atoms in total. The molecule has 0 spiro atoms. The van der Waals surface area contributed by atoms with E-state index in [9.17, 15) is 5.11 Å². The van der Waals surface area contributed by atoms with E-state index in [2.05, 4.69) is 12.2 Å². The predicted molar refractivity (Wildman–Crippen MR) is 31.6 cm³/mol. The Morgan fingerprint density at radius 1 is 1.67 bits per heavy atom. The Morgan fingerprint density at radius 2 is 2.33 bits per heavy atom. The Balaban J connectivity index is 0.000000640. The molecule has 1 heterocycles. The third-order valence-electron chi connectivity index (χ3n) is 1.19. The monoisotopic (exact) mass is 154 g/mol. The maximum atomic E-state index is 10.3. The van der Waals surface area contributed by atoms with Gasteiger partial charge in [-0.25, -0.2) is 0 Å². The molecule has 4 heteroatoms. The average Bonchev–Trinajstić information content (AvgIpc) is 2.12. The molecule has 1 unspecified atom stereocenters. The van der Waals surface area contributed by atoms with Crippen molar-refractivity contribution in [2.45, 2.75) is 18.9 Å². The second-order valence-corrected chi connectivity index (χ2v) is 2.22. The van der Waals surface area contributed by atoms with E-state index >= 15 is 0 Å². The fraction of sp³-hybridized carbons (Fsp3) is 0.800. The number of rotatable bonds is 1. The van der Waals surface area contributed by atoms with Crippen LogP contribution in [0.15, 0.2) is 0 Å². The van der Waals surface area contributed by atoms with Crippen LogP contribution in [0.4, 0.5) is 0 Å². The molecule has 46 valence electrons. The largest absolute Gasteiger partial charge is 1.00 e. The summed E-state index contributed by atoms with van der Waals surface area (Å²) in [5.74, 6) is 0. The third-order valence-corrected chi connectivity index (χ3v) is 1.46. The minimum atomic E-state index is -0.259. The molecule has 0 aromatic heterocycles. The van der Waals surface area contributed by atoms with Crippen molar-refractivity contribution in [1.29, 1.82) is 0 Å². The van der Waals surface area contributed by atoms with Gasteiger partial charge in [-0.3, -0.25) is 0 Å². The van der Waals surface area contributed by atoms with Gasteiger partial charge < -0.3 is 9.84 Å². The summed E-state index contributed by atoms with van der Waals surface area (Å²) in [4.78, 5) is 0. The Morgan fingerprint density at radius 3 is 2.56 bits per heavy atom. The standard InChI is InChI=1S/C5H8O2S.Na/c6-5(8)4-2-1-3-7-4;/h4H,1-3H2,(H,6,8);/q;+1/p-1. The van der Waals surface area contributed by atoms with Gasteiger partial charge in [0.25, 0.3) is 0 Å². The van der Waals surface area contributed by atoms with Crippen LogP contribution in [0.2, 0.25) is 0 Å². The van der Waals surface area contributed by atoms with Crippen LogP contribution in [0.3, 0.4) is 0 Å². The van der Waals surface area contributed by atoms with Gasteiger partial charge in [0.1, 0.15) is 0 Å². The number of ether oxygens (including phenoxy) is 1. The molecule has 1 aliphatic heterocycles. The van der Waals surface area contributed by atoms with E-state index in [1.54, 1.807) is 0 Å². The SMILES string of the molecule is [Na+].[O-]C(=S)C1CCCO1. The summed E-state index contributed by atoms with van der Waals surface area (Å²) in [6, 6.07) is 0. The summed E-state index contributed by atoms with van der Waals surface area (Å²) in [5, 5.41) is 10.1. The van der Waals surface area contributed by atoms with Crippen LogP contribution < -0.4 is 34.7 Å². The van der Waals surface area contributed by atoms with E-state index in [0.717, 1.165) is 12.8 Å². The molecule has 1 aliphatic rings. The molecule has 9 heavy (non-hydrogen) atoms. The zero-order valence-corrected chi connectivity index (χ0v) is 8.24. The van der Waals surface area contributed by atoms with Crippen LogP contribution in [-0.4, -0.2) is 17.8 Å². The first-order chi connectivity index (χ1) is 3.80.